The van der Waals surface area contributed by atoms with Gasteiger partial charge in [-0.15, -0.1) is 0 Å². The van der Waals surface area contributed by atoms with Crippen LogP contribution in [0.4, 0.5) is 47.1 Å². The number of hydrogen-bond acceptors (Lipinski definition) is 18. The molecule has 0 fully saturated rings. The van der Waals surface area contributed by atoms with Crippen molar-refractivity contribution >= 4 is 47.1 Å². The fraction of sp³-hybridized carbons (Fsp3) is 0.500. The number of unbranched alkanes of at least 4 members (excludes halogenated alkanes) is 8. The van der Waals surface area contributed by atoms with E-state index >= 15 is 0 Å². The molecule has 0 saturated carbocycles. The molecule has 420 valence electrons. The molecule has 2 aromatic heterocycles. The molecule has 4 aromatic carbocycles. The van der Waals surface area contributed by atoms with Gasteiger partial charge in [-0.05, 0) is 111 Å². The van der Waals surface area contributed by atoms with E-state index in [4.69, 9.17) is 51.9 Å². The van der Waals surface area contributed by atoms with Crippen LogP contribution in [-0.2, 0) is 25.7 Å². The van der Waals surface area contributed by atoms with Crippen LogP contribution in [-0.4, -0.2) is 82.5 Å². The maximum atomic E-state index is 6.84. The highest BCUT2D eigenvalue weighted by Crippen LogP contribution is 2.42. The van der Waals surface area contributed by atoms with Crippen molar-refractivity contribution in [2.75, 3.05) is 85.3 Å². The van der Waals surface area contributed by atoms with Gasteiger partial charge in [-0.25, -0.2) is 0 Å². The lowest BCUT2D eigenvalue weighted by Crippen LogP contribution is -2.12. The van der Waals surface area contributed by atoms with E-state index in [2.05, 4.69) is 130 Å². The smallest absolute Gasteiger partial charge is 0.233 e. The summed E-state index contributed by atoms with van der Waals surface area (Å²) in [4.78, 5) is 27.5. The normalized spacial score (nSPS) is 12.0. The predicted molar refractivity (Wildman–Crippen MR) is 316 cm³/mol. The van der Waals surface area contributed by atoms with Gasteiger partial charge in [-0.2, -0.15) is 29.9 Å². The first-order valence-corrected chi connectivity index (χ1v) is 28.7. The molecule has 0 unspecified atom stereocenters. The first-order valence-electron chi connectivity index (χ1n) is 28.7. The van der Waals surface area contributed by atoms with Gasteiger partial charge in [0.15, 0.2) is 0 Å². The van der Waals surface area contributed by atoms with Gasteiger partial charge in [0.25, 0.3) is 0 Å². The number of para-hydroxylation sites is 2. The predicted octanol–water partition coefficient (Wildman–Crippen LogP) is 11.2. The van der Waals surface area contributed by atoms with Crippen LogP contribution in [0.3, 0.4) is 0 Å². The van der Waals surface area contributed by atoms with Crippen molar-refractivity contribution in [1.29, 1.82) is 0 Å². The van der Waals surface area contributed by atoms with Gasteiger partial charge in [0, 0.05) is 72.4 Å². The molecule has 0 radical (unpaired) electrons. The van der Waals surface area contributed by atoms with Crippen molar-refractivity contribution in [2.24, 2.45) is 11.5 Å². The third-order valence-electron chi connectivity index (χ3n) is 13.3. The molecule has 0 spiro atoms. The third-order valence-corrected chi connectivity index (χ3v) is 13.3. The Morgan fingerprint density at radius 3 is 1.00 bits per heavy atom. The second-order valence-corrected chi connectivity index (χ2v) is 20.1. The van der Waals surface area contributed by atoms with Crippen molar-refractivity contribution in [3.63, 3.8) is 0 Å². The minimum atomic E-state index is 0.121. The Kier molecular flexibility index (Phi) is 23.5. The molecule has 78 heavy (non-hydrogen) atoms. The second-order valence-electron chi connectivity index (χ2n) is 20.1. The van der Waals surface area contributed by atoms with E-state index < -0.39 is 0 Å². The van der Waals surface area contributed by atoms with E-state index in [0.717, 1.165) is 182 Å². The zero-order valence-corrected chi connectivity index (χ0v) is 46.8. The zero-order chi connectivity index (χ0) is 54.9. The third kappa shape index (κ3) is 17.4. The fourth-order valence-electron chi connectivity index (χ4n) is 9.70. The standard InChI is InChI=1S/C60H86N14O4/c1-5-29-75-51-41-21-19-22-42(51)34-46-38-50(68-60-72-56(64)70-58(74-60)66-28-18-14-10-12-16-26-62)40-48(54(46)78-32-8-4)36-44-24-20-23-43(52(44)76-30-6-2)35-47-39-49(37-45(33-41)53(47)77-31-7-3)67-59-71-55(63)69-57(73-59)65-27-17-13-9-11-15-25-61/h19-24,37-40H,5-18,25-36,61-62H2,1-4H3,(H4,63,65,67,69,71,73)(H4,64,66,68,70,72,74). The molecule has 7 rings (SSSR count). The molecule has 1 aliphatic rings. The summed E-state index contributed by atoms with van der Waals surface area (Å²) in [7, 11) is 0. The van der Waals surface area contributed by atoms with Gasteiger partial charge in [0.2, 0.25) is 35.7 Å². The lowest BCUT2D eigenvalue weighted by atomic mass is 9.90. The molecule has 0 saturated heterocycles. The summed E-state index contributed by atoms with van der Waals surface area (Å²) in [5.41, 5.74) is 33.6. The zero-order valence-electron chi connectivity index (χ0n) is 46.8. The van der Waals surface area contributed by atoms with Gasteiger partial charge in [0.1, 0.15) is 23.0 Å². The van der Waals surface area contributed by atoms with E-state index in [9.17, 15) is 0 Å². The number of anilines is 8. The van der Waals surface area contributed by atoms with Gasteiger partial charge < -0.3 is 63.1 Å². The van der Waals surface area contributed by atoms with E-state index in [1.807, 2.05) is 0 Å². The van der Waals surface area contributed by atoms with E-state index in [-0.39, 0.29) is 11.9 Å². The largest absolute Gasteiger partial charge is 0.493 e. The molecular formula is C60H86N14O4. The summed E-state index contributed by atoms with van der Waals surface area (Å²) < 4.78 is 27.4. The SMILES string of the molecule is CCCOc1c2cccc1Cc1cc(Nc3nc(N)nc(NCCCCCCCN)n3)cc(c1OCCC)Cc1cccc(c1OCCC)Cc1cc(Nc3nc(N)nc(NCCCCCCCN)n3)cc(c1OCCC)C2. The lowest BCUT2D eigenvalue weighted by molar-refractivity contribution is 0.304. The Labute approximate surface area is 462 Å². The summed E-state index contributed by atoms with van der Waals surface area (Å²) in [6, 6.07) is 21.4. The number of rotatable bonds is 32. The number of aromatic nitrogens is 6. The minimum Gasteiger partial charge on any atom is -0.493 e. The molecule has 12 N–H and O–H groups in total. The topological polar surface area (TPSA) is 266 Å². The highest BCUT2D eigenvalue weighted by molar-refractivity contribution is 5.66. The maximum absolute atomic E-state index is 6.84. The van der Waals surface area contributed by atoms with Crippen LogP contribution in [0.15, 0.2) is 60.7 Å². The van der Waals surface area contributed by atoms with Crippen LogP contribution in [0.25, 0.3) is 0 Å². The molecular weight excluding hydrogens is 981 g/mol. The van der Waals surface area contributed by atoms with Crippen molar-refractivity contribution in [3.05, 3.63) is 105 Å². The Morgan fingerprint density at radius 2 is 0.679 bits per heavy atom. The molecule has 18 heteroatoms. The molecule has 6 aromatic rings. The van der Waals surface area contributed by atoms with Crippen LogP contribution in [0.1, 0.15) is 162 Å². The van der Waals surface area contributed by atoms with E-state index in [1.54, 1.807) is 0 Å². The van der Waals surface area contributed by atoms with Gasteiger partial charge in [-0.3, -0.25) is 0 Å². The summed E-state index contributed by atoms with van der Waals surface area (Å²) in [6.45, 7) is 13.5. The molecule has 1 aliphatic carbocycles. The first kappa shape index (κ1) is 58.5. The van der Waals surface area contributed by atoms with E-state index in [1.165, 1.54) is 0 Å². The van der Waals surface area contributed by atoms with Crippen LogP contribution in [0.2, 0.25) is 0 Å². The minimum absolute atomic E-state index is 0.121. The van der Waals surface area contributed by atoms with Gasteiger partial charge >= 0.3 is 0 Å². The monoisotopic (exact) mass is 1070 g/mol. The molecule has 0 aliphatic heterocycles. The molecule has 0 amide bonds. The average molecular weight is 1070 g/mol. The lowest BCUT2D eigenvalue weighted by Gasteiger charge is -2.24. The van der Waals surface area contributed by atoms with E-state index in [0.29, 0.717) is 89.0 Å². The number of hydrogen-bond donors (Lipinski definition) is 8. The first-order chi connectivity index (χ1) is 38.2. The molecule has 2 heterocycles. The Bertz CT molecular complexity index is 2530. The summed E-state index contributed by atoms with van der Waals surface area (Å²) >= 11 is 0. The van der Waals surface area contributed by atoms with Crippen LogP contribution in [0.5, 0.6) is 23.0 Å². The highest BCUT2D eigenvalue weighted by Gasteiger charge is 2.24. The number of nitrogens with one attached hydrogen (secondary N) is 4. The number of nitrogens with two attached hydrogens (primary N) is 4. The van der Waals surface area contributed by atoms with Crippen LogP contribution in [0, 0.1) is 0 Å². The number of ether oxygens (including phenoxy) is 4. The number of benzene rings is 4. The summed E-state index contributed by atoms with van der Waals surface area (Å²) in [6.07, 6.45) is 16.1. The number of fused-ring (bicyclic) bond motifs is 8. The Balaban J connectivity index is 1.34. The van der Waals surface area contributed by atoms with Crippen molar-refractivity contribution in [1.82, 2.24) is 29.9 Å². The van der Waals surface area contributed by atoms with Gasteiger partial charge in [-0.1, -0.05) is 103 Å². The van der Waals surface area contributed by atoms with Crippen molar-refractivity contribution in [2.45, 2.75) is 143 Å². The van der Waals surface area contributed by atoms with Crippen LogP contribution >= 0.6 is 0 Å². The molecule has 0 atom stereocenters. The average Bonchev–Trinajstić information content (AvgIpc) is 3.42. The second kappa shape index (κ2) is 31.3. The summed E-state index contributed by atoms with van der Waals surface area (Å²) in [5.74, 6) is 5.06. The number of nitrogens with zero attached hydrogens (tertiary/aromatic N) is 6. The van der Waals surface area contributed by atoms with Crippen molar-refractivity contribution in [3.8, 4) is 23.0 Å². The Morgan fingerprint density at radius 1 is 0.385 bits per heavy atom. The van der Waals surface area contributed by atoms with Gasteiger partial charge in [0.05, 0.1) is 26.4 Å². The number of nitrogen functional groups attached to an aromatic ring is 2. The molecule has 8 bridgehead atoms. The fourth-order valence-corrected chi connectivity index (χ4v) is 9.70. The summed E-state index contributed by atoms with van der Waals surface area (Å²) in [5, 5.41) is 13.8. The van der Waals surface area contributed by atoms with Crippen LogP contribution < -0.4 is 63.1 Å². The quantitative estimate of drug-likeness (QED) is 0.0182. The molecule has 18 nitrogen and oxygen atoms in total. The highest BCUT2D eigenvalue weighted by atomic mass is 16.5. The van der Waals surface area contributed by atoms with Crippen molar-refractivity contribution < 1.29 is 18.9 Å². The maximum Gasteiger partial charge on any atom is 0.233 e. The Hall–Kier alpha value is -7.18.